The third kappa shape index (κ3) is 2.34. The van der Waals surface area contributed by atoms with Crippen LogP contribution in [0.2, 0.25) is 0 Å². The number of amides is 1. The van der Waals surface area contributed by atoms with Gasteiger partial charge >= 0.3 is 0 Å². The summed E-state index contributed by atoms with van der Waals surface area (Å²) < 4.78 is 6.40. The normalized spacial score (nSPS) is 32.6. The molecule has 2 aliphatic heterocycles. The van der Waals surface area contributed by atoms with Crippen LogP contribution in [0, 0.1) is 0 Å². The molecule has 4 rings (SSSR count). The summed E-state index contributed by atoms with van der Waals surface area (Å²) in [6.45, 7) is 9.90. The second kappa shape index (κ2) is 5.51. The topological polar surface area (TPSA) is 45.7 Å². The number of fused-ring (bicyclic) bond motifs is 1. The number of pyridine rings is 1. The number of carbonyl (C=O) groups is 1. The molecule has 5 nitrogen and oxygen atoms in total. The van der Waals surface area contributed by atoms with Gasteiger partial charge in [-0.1, -0.05) is 0 Å². The lowest BCUT2D eigenvalue weighted by atomic mass is 9.71. The lowest BCUT2D eigenvalue weighted by Gasteiger charge is -2.55. The van der Waals surface area contributed by atoms with Gasteiger partial charge in [-0.25, -0.2) is 0 Å². The summed E-state index contributed by atoms with van der Waals surface area (Å²) in [5.74, 6) is 0.178. The van der Waals surface area contributed by atoms with Crippen LogP contribution in [0.3, 0.4) is 0 Å². The number of morpholine rings is 1. The van der Waals surface area contributed by atoms with Gasteiger partial charge in [0.1, 0.15) is 0 Å². The van der Waals surface area contributed by atoms with Gasteiger partial charge in [0.05, 0.1) is 30.0 Å². The fourth-order valence-electron chi connectivity index (χ4n) is 4.47. The molecule has 0 N–H and O–H groups in total. The maximum Gasteiger partial charge on any atom is 0.239 e. The molecule has 3 heterocycles. The van der Waals surface area contributed by atoms with Crippen LogP contribution < -0.4 is 4.90 Å². The van der Waals surface area contributed by atoms with Crippen LogP contribution in [0.4, 0.5) is 5.69 Å². The van der Waals surface area contributed by atoms with E-state index in [-0.39, 0.29) is 17.5 Å². The van der Waals surface area contributed by atoms with E-state index in [0.717, 1.165) is 55.0 Å². The maximum atomic E-state index is 13.1. The Bertz CT molecular complexity index is 679. The SMILES string of the molecule is CC1(C)C(=O)N(C2CC(C)(N3CCOCC3)C2)c2cc(Br)cnc21. The molecule has 0 spiro atoms. The highest BCUT2D eigenvalue weighted by Gasteiger charge is 2.54. The summed E-state index contributed by atoms with van der Waals surface area (Å²) in [6.07, 6.45) is 3.82. The number of hydrogen-bond donors (Lipinski definition) is 0. The molecule has 2 fully saturated rings. The Morgan fingerprint density at radius 1 is 1.25 bits per heavy atom. The molecule has 3 aliphatic rings. The summed E-state index contributed by atoms with van der Waals surface area (Å²) in [4.78, 5) is 22.1. The van der Waals surface area contributed by atoms with E-state index < -0.39 is 5.41 Å². The van der Waals surface area contributed by atoms with Crippen molar-refractivity contribution in [2.75, 3.05) is 31.2 Å². The highest BCUT2D eigenvalue weighted by atomic mass is 79.9. The number of carbonyl (C=O) groups excluding carboxylic acids is 1. The first-order chi connectivity index (χ1) is 11.3. The van der Waals surface area contributed by atoms with Crippen molar-refractivity contribution in [1.29, 1.82) is 0 Å². The number of ether oxygens (including phenoxy) is 1. The molecule has 1 aromatic heterocycles. The van der Waals surface area contributed by atoms with E-state index >= 15 is 0 Å². The van der Waals surface area contributed by atoms with Gasteiger partial charge in [0.15, 0.2) is 0 Å². The minimum absolute atomic E-state index is 0.178. The first-order valence-corrected chi connectivity index (χ1v) is 9.45. The highest BCUT2D eigenvalue weighted by Crippen LogP contribution is 2.49. The van der Waals surface area contributed by atoms with Crippen molar-refractivity contribution in [2.24, 2.45) is 0 Å². The molecule has 0 bridgehead atoms. The number of aromatic nitrogens is 1. The Balaban J connectivity index is 1.58. The molecule has 0 aromatic carbocycles. The number of hydrogen-bond acceptors (Lipinski definition) is 4. The van der Waals surface area contributed by atoms with E-state index in [9.17, 15) is 4.79 Å². The van der Waals surface area contributed by atoms with Crippen LogP contribution in [0.25, 0.3) is 0 Å². The van der Waals surface area contributed by atoms with Crippen LogP contribution in [0.15, 0.2) is 16.7 Å². The monoisotopic (exact) mass is 393 g/mol. The van der Waals surface area contributed by atoms with Crippen molar-refractivity contribution in [3.05, 3.63) is 22.4 Å². The zero-order chi connectivity index (χ0) is 17.1. The molecule has 24 heavy (non-hydrogen) atoms. The minimum atomic E-state index is -0.541. The molecule has 1 amide bonds. The molecule has 0 radical (unpaired) electrons. The van der Waals surface area contributed by atoms with Crippen molar-refractivity contribution in [2.45, 2.75) is 50.6 Å². The average Bonchev–Trinajstić information content (AvgIpc) is 2.72. The van der Waals surface area contributed by atoms with Crippen molar-refractivity contribution in [3.8, 4) is 0 Å². The third-order valence-corrected chi connectivity index (χ3v) is 6.36. The predicted octanol–water partition coefficient (Wildman–Crippen LogP) is 2.72. The summed E-state index contributed by atoms with van der Waals surface area (Å²) in [5.41, 5.74) is 1.52. The van der Waals surface area contributed by atoms with Gasteiger partial charge in [-0.05, 0) is 55.6 Å². The Morgan fingerprint density at radius 3 is 2.58 bits per heavy atom. The highest BCUT2D eigenvalue weighted by molar-refractivity contribution is 9.10. The molecular weight excluding hydrogens is 370 g/mol. The zero-order valence-electron chi connectivity index (χ0n) is 14.5. The molecule has 0 atom stereocenters. The number of anilines is 1. The van der Waals surface area contributed by atoms with Gasteiger partial charge in [-0.15, -0.1) is 0 Å². The van der Waals surface area contributed by atoms with E-state index in [1.807, 2.05) is 24.8 Å². The van der Waals surface area contributed by atoms with Crippen LogP contribution in [0.1, 0.15) is 39.3 Å². The van der Waals surface area contributed by atoms with E-state index in [1.54, 1.807) is 6.20 Å². The second-order valence-corrected chi connectivity index (χ2v) is 8.90. The van der Waals surface area contributed by atoms with Gasteiger partial charge in [0.25, 0.3) is 0 Å². The third-order valence-electron chi connectivity index (χ3n) is 5.93. The van der Waals surface area contributed by atoms with Crippen molar-refractivity contribution in [3.63, 3.8) is 0 Å². The first kappa shape index (κ1) is 16.5. The second-order valence-electron chi connectivity index (χ2n) is 7.98. The average molecular weight is 394 g/mol. The largest absolute Gasteiger partial charge is 0.379 e. The Hall–Kier alpha value is -0.980. The van der Waals surface area contributed by atoms with Crippen LogP contribution in [-0.2, 0) is 14.9 Å². The smallest absolute Gasteiger partial charge is 0.239 e. The van der Waals surface area contributed by atoms with Crippen molar-refractivity contribution < 1.29 is 9.53 Å². The quantitative estimate of drug-likeness (QED) is 0.774. The molecule has 1 saturated carbocycles. The Morgan fingerprint density at radius 2 is 1.92 bits per heavy atom. The molecule has 1 aliphatic carbocycles. The predicted molar refractivity (Wildman–Crippen MR) is 96.3 cm³/mol. The van der Waals surface area contributed by atoms with Gasteiger partial charge in [-0.3, -0.25) is 14.7 Å². The summed E-state index contributed by atoms with van der Waals surface area (Å²) >= 11 is 3.50. The minimum Gasteiger partial charge on any atom is -0.379 e. The van der Waals surface area contributed by atoms with Gasteiger partial charge < -0.3 is 9.64 Å². The van der Waals surface area contributed by atoms with Gasteiger partial charge in [0.2, 0.25) is 5.91 Å². The fourth-order valence-corrected chi connectivity index (χ4v) is 4.79. The van der Waals surface area contributed by atoms with Gasteiger partial charge in [-0.2, -0.15) is 0 Å². The van der Waals surface area contributed by atoms with E-state index in [1.165, 1.54) is 0 Å². The summed E-state index contributed by atoms with van der Waals surface area (Å²) in [7, 11) is 0. The summed E-state index contributed by atoms with van der Waals surface area (Å²) in [5, 5.41) is 0. The van der Waals surface area contributed by atoms with E-state index in [0.29, 0.717) is 0 Å². The number of nitrogens with zero attached hydrogens (tertiary/aromatic N) is 3. The number of rotatable bonds is 2. The Labute approximate surface area is 151 Å². The van der Waals surface area contributed by atoms with Crippen LogP contribution >= 0.6 is 15.9 Å². The fraction of sp³-hybridized carbons (Fsp3) is 0.667. The summed E-state index contributed by atoms with van der Waals surface area (Å²) in [6, 6.07) is 2.31. The van der Waals surface area contributed by atoms with Crippen LogP contribution in [-0.4, -0.2) is 53.7 Å². The number of halogens is 1. The molecule has 1 saturated heterocycles. The lowest BCUT2D eigenvalue weighted by molar-refractivity contribution is -0.124. The molecule has 0 unspecified atom stereocenters. The van der Waals surface area contributed by atoms with E-state index in [2.05, 4.69) is 32.7 Å². The van der Waals surface area contributed by atoms with E-state index in [4.69, 9.17) is 4.74 Å². The maximum absolute atomic E-state index is 13.1. The molecule has 1 aromatic rings. The Kier molecular flexibility index (Phi) is 3.79. The zero-order valence-corrected chi connectivity index (χ0v) is 16.1. The standard InChI is InChI=1S/C18H24BrN3O2/c1-17(2)15-14(8-12(19)11-20-15)22(16(17)23)13-9-18(3,10-13)21-4-6-24-7-5-21/h8,11,13H,4-7,9-10H2,1-3H3. The molecule has 6 heteroatoms. The first-order valence-electron chi connectivity index (χ1n) is 8.65. The van der Waals surface area contributed by atoms with Crippen molar-refractivity contribution >= 4 is 27.5 Å². The lowest BCUT2D eigenvalue weighted by Crippen LogP contribution is -2.65. The van der Waals surface area contributed by atoms with Gasteiger partial charge in [0, 0.05) is 35.3 Å². The van der Waals surface area contributed by atoms with Crippen molar-refractivity contribution in [1.82, 2.24) is 9.88 Å². The molecule has 130 valence electrons. The molecular formula is C18H24BrN3O2. The van der Waals surface area contributed by atoms with Crippen LogP contribution in [0.5, 0.6) is 0 Å².